The van der Waals surface area contributed by atoms with Gasteiger partial charge in [0.2, 0.25) is 0 Å². The van der Waals surface area contributed by atoms with Gasteiger partial charge in [-0.1, -0.05) is 18.5 Å². The van der Waals surface area contributed by atoms with Crippen molar-refractivity contribution in [2.24, 2.45) is 0 Å². The molecule has 0 spiro atoms. The van der Waals surface area contributed by atoms with Crippen molar-refractivity contribution >= 4 is 44.9 Å². The Bertz CT molecular complexity index is 651. The predicted octanol–water partition coefficient (Wildman–Crippen LogP) is 3.97. The van der Waals surface area contributed by atoms with Crippen LogP contribution in [0.5, 0.6) is 0 Å². The molecule has 0 atom stereocenters. The molecule has 5 nitrogen and oxygen atoms in total. The van der Waals surface area contributed by atoms with Crippen LogP contribution in [0, 0.1) is 0 Å². The maximum Gasteiger partial charge on any atom is 0.275 e. The molecule has 1 amide bonds. The average molecular weight is 370 g/mol. The Labute approximate surface area is 136 Å². The number of benzene rings is 1. The molecule has 0 aliphatic rings. The summed E-state index contributed by atoms with van der Waals surface area (Å²) in [5.41, 5.74) is 0.871. The highest BCUT2D eigenvalue weighted by atomic mass is 79.9. The lowest BCUT2D eigenvalue weighted by atomic mass is 10.3. The summed E-state index contributed by atoms with van der Waals surface area (Å²) in [6.07, 6.45) is 3.98. The van der Waals surface area contributed by atoms with Crippen LogP contribution in [0.15, 0.2) is 35.1 Å². The number of amides is 1. The number of hydrogen-bond donors (Lipinski definition) is 2. The third-order valence-electron chi connectivity index (χ3n) is 2.60. The third kappa shape index (κ3) is 4.41. The summed E-state index contributed by atoms with van der Waals surface area (Å²) < 4.78 is 0.705. The Morgan fingerprint density at radius 1 is 1.38 bits per heavy atom. The van der Waals surface area contributed by atoms with Crippen LogP contribution in [0.25, 0.3) is 0 Å². The number of carbonyl (C=O) groups excluding carboxylic acids is 1. The Morgan fingerprint density at radius 2 is 2.19 bits per heavy atom. The SMILES string of the molecule is CCCNc1cncc(C(=O)Nc2ccc(Cl)cc2Br)n1. The molecular formula is C14H14BrClN4O. The van der Waals surface area contributed by atoms with E-state index in [1.807, 2.05) is 0 Å². The Hall–Kier alpha value is -1.66. The number of nitrogens with one attached hydrogen (secondary N) is 2. The van der Waals surface area contributed by atoms with Crippen LogP contribution in [0.2, 0.25) is 5.02 Å². The number of halogens is 2. The Balaban J connectivity index is 2.12. The largest absolute Gasteiger partial charge is 0.369 e. The quantitative estimate of drug-likeness (QED) is 0.837. The van der Waals surface area contributed by atoms with E-state index in [0.717, 1.165) is 13.0 Å². The predicted molar refractivity (Wildman–Crippen MR) is 87.9 cm³/mol. The van der Waals surface area contributed by atoms with Crippen LogP contribution < -0.4 is 10.6 Å². The molecule has 2 aromatic rings. The average Bonchev–Trinajstić information content (AvgIpc) is 2.48. The van der Waals surface area contributed by atoms with E-state index in [4.69, 9.17) is 11.6 Å². The summed E-state index contributed by atoms with van der Waals surface area (Å²) in [4.78, 5) is 20.4. The minimum Gasteiger partial charge on any atom is -0.369 e. The van der Waals surface area contributed by atoms with E-state index in [1.54, 1.807) is 24.4 Å². The van der Waals surface area contributed by atoms with Gasteiger partial charge >= 0.3 is 0 Å². The van der Waals surface area contributed by atoms with Crippen LogP contribution in [0.1, 0.15) is 23.8 Å². The first kappa shape index (κ1) is 15.7. The number of hydrogen-bond acceptors (Lipinski definition) is 4. The van der Waals surface area contributed by atoms with E-state index in [-0.39, 0.29) is 11.6 Å². The van der Waals surface area contributed by atoms with E-state index in [9.17, 15) is 4.79 Å². The van der Waals surface area contributed by atoms with Crippen molar-refractivity contribution in [2.45, 2.75) is 13.3 Å². The molecule has 0 bridgehead atoms. The summed E-state index contributed by atoms with van der Waals surface area (Å²) in [5.74, 6) is 0.255. The summed E-state index contributed by atoms with van der Waals surface area (Å²) in [6.45, 7) is 2.83. The fourth-order valence-electron chi connectivity index (χ4n) is 1.59. The van der Waals surface area contributed by atoms with E-state index < -0.39 is 0 Å². The van der Waals surface area contributed by atoms with E-state index >= 15 is 0 Å². The minimum atomic E-state index is -0.328. The third-order valence-corrected chi connectivity index (χ3v) is 3.49. The van der Waals surface area contributed by atoms with Gasteiger partial charge in [-0.25, -0.2) is 4.98 Å². The molecule has 1 aromatic heterocycles. The van der Waals surface area contributed by atoms with Crippen molar-refractivity contribution in [1.82, 2.24) is 9.97 Å². The summed E-state index contributed by atoms with van der Waals surface area (Å²) >= 11 is 9.22. The number of rotatable bonds is 5. The summed E-state index contributed by atoms with van der Waals surface area (Å²) in [6, 6.07) is 5.13. The maximum atomic E-state index is 12.2. The molecule has 2 N–H and O–H groups in total. The first-order valence-electron chi connectivity index (χ1n) is 6.42. The zero-order valence-electron chi connectivity index (χ0n) is 11.4. The van der Waals surface area contributed by atoms with E-state index in [1.165, 1.54) is 6.20 Å². The van der Waals surface area contributed by atoms with Crippen LogP contribution in [-0.2, 0) is 0 Å². The Morgan fingerprint density at radius 3 is 2.90 bits per heavy atom. The Kier molecular flexibility index (Phi) is 5.52. The number of nitrogens with zero attached hydrogens (tertiary/aromatic N) is 2. The fourth-order valence-corrected chi connectivity index (χ4v) is 2.37. The second kappa shape index (κ2) is 7.38. The smallest absolute Gasteiger partial charge is 0.275 e. The molecular weight excluding hydrogens is 356 g/mol. The highest BCUT2D eigenvalue weighted by Gasteiger charge is 2.11. The van der Waals surface area contributed by atoms with Gasteiger partial charge in [0.15, 0.2) is 0 Å². The molecule has 0 aliphatic carbocycles. The van der Waals surface area contributed by atoms with Gasteiger partial charge < -0.3 is 10.6 Å². The zero-order chi connectivity index (χ0) is 15.2. The first-order chi connectivity index (χ1) is 10.1. The second-order valence-electron chi connectivity index (χ2n) is 4.29. The van der Waals surface area contributed by atoms with Gasteiger partial charge in [-0.15, -0.1) is 0 Å². The van der Waals surface area contributed by atoms with Gasteiger partial charge in [-0.2, -0.15) is 0 Å². The monoisotopic (exact) mass is 368 g/mol. The minimum absolute atomic E-state index is 0.248. The normalized spacial score (nSPS) is 10.2. The van der Waals surface area contributed by atoms with E-state index in [0.29, 0.717) is 21.0 Å². The van der Waals surface area contributed by atoms with Gasteiger partial charge in [0.05, 0.1) is 18.1 Å². The van der Waals surface area contributed by atoms with Crippen molar-refractivity contribution in [1.29, 1.82) is 0 Å². The number of carbonyl (C=O) groups is 1. The number of anilines is 2. The number of aromatic nitrogens is 2. The van der Waals surface area contributed by atoms with E-state index in [2.05, 4.69) is 43.5 Å². The van der Waals surface area contributed by atoms with Gasteiger partial charge in [0, 0.05) is 16.0 Å². The van der Waals surface area contributed by atoms with Gasteiger partial charge in [0.1, 0.15) is 11.5 Å². The highest BCUT2D eigenvalue weighted by Crippen LogP contribution is 2.26. The molecule has 1 heterocycles. The maximum absolute atomic E-state index is 12.2. The lowest BCUT2D eigenvalue weighted by Gasteiger charge is -2.08. The molecule has 0 unspecified atom stereocenters. The van der Waals surface area contributed by atoms with Crippen LogP contribution >= 0.6 is 27.5 Å². The molecule has 0 aliphatic heterocycles. The lowest BCUT2D eigenvalue weighted by Crippen LogP contribution is -2.15. The van der Waals surface area contributed by atoms with Crippen molar-refractivity contribution in [3.8, 4) is 0 Å². The molecule has 0 saturated heterocycles. The van der Waals surface area contributed by atoms with Crippen molar-refractivity contribution in [3.05, 3.63) is 45.8 Å². The van der Waals surface area contributed by atoms with Gasteiger partial charge in [0.25, 0.3) is 5.91 Å². The summed E-state index contributed by atoms with van der Waals surface area (Å²) in [7, 11) is 0. The zero-order valence-corrected chi connectivity index (χ0v) is 13.7. The molecule has 0 saturated carbocycles. The van der Waals surface area contributed by atoms with Crippen LogP contribution in [0.3, 0.4) is 0 Å². The van der Waals surface area contributed by atoms with Crippen molar-refractivity contribution in [3.63, 3.8) is 0 Å². The topological polar surface area (TPSA) is 66.9 Å². The molecule has 1 aromatic carbocycles. The van der Waals surface area contributed by atoms with Crippen molar-refractivity contribution in [2.75, 3.05) is 17.2 Å². The van der Waals surface area contributed by atoms with Gasteiger partial charge in [-0.05, 0) is 40.5 Å². The molecule has 110 valence electrons. The molecule has 2 rings (SSSR count). The van der Waals surface area contributed by atoms with Crippen LogP contribution in [0.4, 0.5) is 11.5 Å². The van der Waals surface area contributed by atoms with Gasteiger partial charge in [-0.3, -0.25) is 9.78 Å². The standard InChI is InChI=1S/C14H14BrClN4O/c1-2-5-18-13-8-17-7-12(19-13)14(21)20-11-4-3-9(16)6-10(11)15/h3-4,6-8H,2,5H2,1H3,(H,18,19)(H,20,21). The molecule has 7 heteroatoms. The molecule has 0 fully saturated rings. The summed E-state index contributed by atoms with van der Waals surface area (Å²) in [5, 5.41) is 6.44. The van der Waals surface area contributed by atoms with Crippen molar-refractivity contribution < 1.29 is 4.79 Å². The second-order valence-corrected chi connectivity index (χ2v) is 5.59. The molecule has 0 radical (unpaired) electrons. The first-order valence-corrected chi connectivity index (χ1v) is 7.59. The highest BCUT2D eigenvalue weighted by molar-refractivity contribution is 9.10. The fraction of sp³-hybridized carbons (Fsp3) is 0.214. The van der Waals surface area contributed by atoms with Crippen LogP contribution in [-0.4, -0.2) is 22.4 Å². The lowest BCUT2D eigenvalue weighted by molar-refractivity contribution is 0.102. The molecule has 21 heavy (non-hydrogen) atoms.